The Morgan fingerprint density at radius 3 is 2.68 bits per heavy atom. The second kappa shape index (κ2) is 8.95. The molecule has 28 heavy (non-hydrogen) atoms. The minimum atomic E-state index is -0.554. The molecule has 2 aromatic rings. The highest BCUT2D eigenvalue weighted by atomic mass is 19.1. The molecule has 0 saturated carbocycles. The maximum absolute atomic E-state index is 13.1. The van der Waals surface area contributed by atoms with E-state index in [1.54, 1.807) is 18.2 Å². The predicted octanol–water partition coefficient (Wildman–Crippen LogP) is 3.16. The number of amides is 3. The molecule has 0 bridgehead atoms. The van der Waals surface area contributed by atoms with Crippen molar-refractivity contribution in [2.75, 3.05) is 31.6 Å². The highest BCUT2D eigenvalue weighted by molar-refractivity contribution is 6.02. The maximum Gasteiger partial charge on any atom is 0.325 e. The van der Waals surface area contributed by atoms with E-state index in [1.807, 2.05) is 30.9 Å². The smallest absolute Gasteiger partial charge is 0.325 e. The number of halogens is 1. The number of hydrogen-bond donors (Lipinski definition) is 2. The monoisotopic (exact) mass is 385 g/mol. The lowest BCUT2D eigenvalue weighted by Gasteiger charge is -2.32. The number of urea groups is 1. The number of hydrogen-bond acceptors (Lipinski definition) is 4. The molecule has 7 heteroatoms. The van der Waals surface area contributed by atoms with E-state index in [4.69, 9.17) is 4.74 Å². The van der Waals surface area contributed by atoms with E-state index in [-0.39, 0.29) is 24.4 Å². The Morgan fingerprint density at radius 1 is 1.18 bits per heavy atom. The van der Waals surface area contributed by atoms with Crippen LogP contribution in [0.4, 0.5) is 14.9 Å². The molecule has 0 radical (unpaired) electrons. The zero-order valence-corrected chi connectivity index (χ0v) is 16.0. The van der Waals surface area contributed by atoms with Crippen LogP contribution < -0.4 is 10.6 Å². The van der Waals surface area contributed by atoms with Crippen LogP contribution in [0.1, 0.15) is 22.8 Å². The van der Waals surface area contributed by atoms with Gasteiger partial charge in [-0.3, -0.25) is 15.0 Å². The van der Waals surface area contributed by atoms with E-state index in [9.17, 15) is 14.0 Å². The fourth-order valence-electron chi connectivity index (χ4n) is 3.13. The third kappa shape index (κ3) is 5.15. The molecule has 2 N–H and O–H groups in total. The van der Waals surface area contributed by atoms with Crippen molar-refractivity contribution in [3.05, 3.63) is 65.0 Å². The molecule has 1 unspecified atom stereocenters. The average Bonchev–Trinajstić information content (AvgIpc) is 2.66. The van der Waals surface area contributed by atoms with Gasteiger partial charge in [0.05, 0.1) is 19.3 Å². The molecule has 1 fully saturated rings. The summed E-state index contributed by atoms with van der Waals surface area (Å²) >= 11 is 0. The number of benzene rings is 2. The zero-order chi connectivity index (χ0) is 20.1. The van der Waals surface area contributed by atoms with Crippen LogP contribution in [0.15, 0.2) is 42.5 Å². The van der Waals surface area contributed by atoms with E-state index < -0.39 is 6.03 Å². The number of carbonyl (C=O) groups is 2. The molecule has 1 aliphatic rings. The number of carbonyl (C=O) groups excluding carboxylic acids is 2. The first-order valence-electron chi connectivity index (χ1n) is 9.19. The molecule has 2 aromatic carbocycles. The van der Waals surface area contributed by atoms with Gasteiger partial charge >= 0.3 is 6.03 Å². The van der Waals surface area contributed by atoms with Gasteiger partial charge in [0.1, 0.15) is 5.82 Å². The minimum Gasteiger partial charge on any atom is -0.371 e. The van der Waals surface area contributed by atoms with Gasteiger partial charge in [-0.15, -0.1) is 0 Å². The molecule has 6 nitrogen and oxygen atoms in total. The molecule has 3 rings (SSSR count). The predicted molar refractivity (Wildman–Crippen MR) is 105 cm³/mol. The Kier molecular flexibility index (Phi) is 6.38. The van der Waals surface area contributed by atoms with Gasteiger partial charge in [0.2, 0.25) is 5.91 Å². The van der Waals surface area contributed by atoms with E-state index in [0.29, 0.717) is 25.4 Å². The number of imide groups is 1. The Bertz CT molecular complexity index is 854. The van der Waals surface area contributed by atoms with E-state index in [2.05, 4.69) is 10.6 Å². The first-order chi connectivity index (χ1) is 13.4. The van der Waals surface area contributed by atoms with Gasteiger partial charge in [-0.1, -0.05) is 24.3 Å². The first-order valence-corrected chi connectivity index (χ1v) is 9.19. The Balaban J connectivity index is 1.51. The normalized spacial score (nSPS) is 17.2. The lowest BCUT2D eigenvalue weighted by Crippen LogP contribution is -2.46. The molecule has 0 spiro atoms. The van der Waals surface area contributed by atoms with Crippen molar-refractivity contribution in [1.29, 1.82) is 0 Å². The van der Waals surface area contributed by atoms with Crippen molar-refractivity contribution in [3.8, 4) is 0 Å². The third-order valence-electron chi connectivity index (χ3n) is 4.87. The highest BCUT2D eigenvalue weighted by Gasteiger charge is 2.24. The lowest BCUT2D eigenvalue weighted by molar-refractivity contribution is -0.123. The summed E-state index contributed by atoms with van der Waals surface area (Å²) < 4.78 is 18.8. The minimum absolute atomic E-state index is 0.0846. The standard InChI is InChI=1S/C21H24FN3O3/c1-14-4-3-5-18(15(14)2)23-21(27)24-20(26)13-25-10-11-28-19(12-25)16-6-8-17(22)9-7-16/h3-9,19H,10-13H2,1-2H3,(H2,23,24,26,27). The third-order valence-corrected chi connectivity index (χ3v) is 4.87. The van der Waals surface area contributed by atoms with Gasteiger partial charge in [0.25, 0.3) is 0 Å². The van der Waals surface area contributed by atoms with Crippen LogP contribution in [0.5, 0.6) is 0 Å². The van der Waals surface area contributed by atoms with E-state index >= 15 is 0 Å². The second-order valence-corrected chi connectivity index (χ2v) is 6.90. The Morgan fingerprint density at radius 2 is 1.93 bits per heavy atom. The second-order valence-electron chi connectivity index (χ2n) is 6.90. The van der Waals surface area contributed by atoms with Gasteiger partial charge < -0.3 is 10.1 Å². The summed E-state index contributed by atoms with van der Waals surface area (Å²) in [5.74, 6) is -0.687. The summed E-state index contributed by atoms with van der Waals surface area (Å²) in [6.07, 6.45) is -0.231. The molecule has 3 amide bonds. The SMILES string of the molecule is Cc1cccc(NC(=O)NC(=O)CN2CCOC(c3ccc(F)cc3)C2)c1C. The van der Waals surface area contributed by atoms with Crippen molar-refractivity contribution in [2.24, 2.45) is 0 Å². The molecule has 0 aliphatic carbocycles. The number of aryl methyl sites for hydroxylation is 1. The summed E-state index contributed by atoms with van der Waals surface area (Å²) in [6, 6.07) is 11.2. The maximum atomic E-state index is 13.1. The Labute approximate surface area is 163 Å². The van der Waals surface area contributed by atoms with Crippen molar-refractivity contribution < 1.29 is 18.7 Å². The molecular weight excluding hydrogens is 361 g/mol. The highest BCUT2D eigenvalue weighted by Crippen LogP contribution is 2.22. The summed E-state index contributed by atoms with van der Waals surface area (Å²) in [7, 11) is 0. The van der Waals surface area contributed by atoms with Crippen LogP contribution in [-0.2, 0) is 9.53 Å². The van der Waals surface area contributed by atoms with Crippen LogP contribution in [0, 0.1) is 19.7 Å². The quantitative estimate of drug-likeness (QED) is 0.848. The van der Waals surface area contributed by atoms with E-state index in [1.165, 1.54) is 12.1 Å². The fraction of sp³-hybridized carbons (Fsp3) is 0.333. The van der Waals surface area contributed by atoms with Crippen LogP contribution in [0.3, 0.4) is 0 Å². The van der Waals surface area contributed by atoms with Crippen molar-refractivity contribution in [2.45, 2.75) is 20.0 Å². The number of nitrogens with one attached hydrogen (secondary N) is 2. The molecule has 1 aliphatic heterocycles. The largest absolute Gasteiger partial charge is 0.371 e. The Hall–Kier alpha value is -2.77. The summed E-state index contributed by atoms with van der Waals surface area (Å²) in [5.41, 5.74) is 3.55. The van der Waals surface area contributed by atoms with Crippen LogP contribution in [0.25, 0.3) is 0 Å². The molecule has 1 saturated heterocycles. The van der Waals surface area contributed by atoms with Crippen molar-refractivity contribution >= 4 is 17.6 Å². The summed E-state index contributed by atoms with van der Waals surface area (Å²) in [6.45, 7) is 5.50. The fourth-order valence-corrected chi connectivity index (χ4v) is 3.13. The number of rotatable bonds is 4. The molecule has 0 aromatic heterocycles. The number of morpholine rings is 1. The molecule has 148 valence electrons. The van der Waals surface area contributed by atoms with E-state index in [0.717, 1.165) is 16.7 Å². The van der Waals surface area contributed by atoms with Crippen LogP contribution in [-0.4, -0.2) is 43.1 Å². The van der Waals surface area contributed by atoms with Crippen LogP contribution in [0.2, 0.25) is 0 Å². The number of anilines is 1. The number of ether oxygens (including phenoxy) is 1. The lowest BCUT2D eigenvalue weighted by atomic mass is 10.1. The number of nitrogens with zero attached hydrogens (tertiary/aromatic N) is 1. The van der Waals surface area contributed by atoms with Gasteiger partial charge in [0.15, 0.2) is 0 Å². The molecular formula is C21H24FN3O3. The zero-order valence-electron chi connectivity index (χ0n) is 16.0. The van der Waals surface area contributed by atoms with Gasteiger partial charge in [-0.05, 0) is 48.7 Å². The van der Waals surface area contributed by atoms with Gasteiger partial charge in [-0.2, -0.15) is 0 Å². The average molecular weight is 385 g/mol. The first kappa shape index (κ1) is 20.0. The van der Waals surface area contributed by atoms with Crippen molar-refractivity contribution in [3.63, 3.8) is 0 Å². The summed E-state index contributed by atoms with van der Waals surface area (Å²) in [5, 5.41) is 5.07. The molecule has 1 heterocycles. The van der Waals surface area contributed by atoms with Crippen LogP contribution >= 0.6 is 0 Å². The van der Waals surface area contributed by atoms with Crippen molar-refractivity contribution in [1.82, 2.24) is 10.2 Å². The summed E-state index contributed by atoms with van der Waals surface area (Å²) in [4.78, 5) is 26.3. The van der Waals surface area contributed by atoms with Gasteiger partial charge in [0, 0.05) is 18.8 Å². The molecule has 1 atom stereocenters. The topological polar surface area (TPSA) is 70.7 Å². The van der Waals surface area contributed by atoms with Gasteiger partial charge in [-0.25, -0.2) is 9.18 Å².